The van der Waals surface area contributed by atoms with E-state index in [0.29, 0.717) is 11.3 Å². The molecule has 0 bridgehead atoms. The number of nitrogens with one attached hydrogen (secondary N) is 1. The van der Waals surface area contributed by atoms with Crippen LogP contribution in [0.25, 0.3) is 0 Å². The van der Waals surface area contributed by atoms with Crippen LogP contribution in [0.3, 0.4) is 0 Å². The molecule has 0 saturated heterocycles. The molecule has 2 N–H and O–H groups in total. The molecule has 0 aliphatic rings. The average molecular weight is 209 g/mol. The molecule has 1 rings (SSSR count). The molecule has 4 heteroatoms. The highest BCUT2D eigenvalue weighted by molar-refractivity contribution is 5.94. The molecule has 1 amide bonds. The van der Waals surface area contributed by atoms with Gasteiger partial charge in [-0.2, -0.15) is 0 Å². The fraction of sp³-hybridized carbons (Fsp3) is 0.364. The van der Waals surface area contributed by atoms with Crippen molar-refractivity contribution in [2.24, 2.45) is 0 Å². The quantitative estimate of drug-likeness (QED) is 0.771. The van der Waals surface area contributed by atoms with Crippen LogP contribution in [0.4, 0.5) is 0 Å². The van der Waals surface area contributed by atoms with E-state index in [0.717, 1.165) is 0 Å². The third-order valence-corrected chi connectivity index (χ3v) is 1.91. The van der Waals surface area contributed by atoms with Crippen LogP contribution >= 0.6 is 0 Å². The van der Waals surface area contributed by atoms with E-state index in [1.807, 2.05) is 0 Å². The Balaban J connectivity index is 2.58. The van der Waals surface area contributed by atoms with Gasteiger partial charge in [0.15, 0.2) is 0 Å². The third-order valence-electron chi connectivity index (χ3n) is 1.91. The van der Waals surface area contributed by atoms with Crippen LogP contribution in [0.1, 0.15) is 17.3 Å². The first kappa shape index (κ1) is 11.5. The van der Waals surface area contributed by atoms with Crippen molar-refractivity contribution in [3.8, 4) is 5.75 Å². The summed E-state index contributed by atoms with van der Waals surface area (Å²) < 4.78 is 4.98. The van der Waals surface area contributed by atoms with Crippen molar-refractivity contribution in [3.05, 3.63) is 29.8 Å². The highest BCUT2D eigenvalue weighted by Crippen LogP contribution is 2.10. The molecule has 1 aromatic rings. The second kappa shape index (κ2) is 5.36. The Morgan fingerprint density at radius 2 is 2.07 bits per heavy atom. The highest BCUT2D eigenvalue weighted by atomic mass is 16.5. The van der Waals surface area contributed by atoms with Crippen LogP contribution in [0.5, 0.6) is 5.75 Å². The largest absolute Gasteiger partial charge is 0.497 e. The first-order valence-corrected chi connectivity index (χ1v) is 4.74. The molecular weight excluding hydrogens is 194 g/mol. The van der Waals surface area contributed by atoms with E-state index in [4.69, 9.17) is 9.84 Å². The number of ether oxygens (including phenoxy) is 1. The number of methoxy groups -OCH3 is 1. The molecule has 1 atom stereocenters. The zero-order chi connectivity index (χ0) is 11.3. The van der Waals surface area contributed by atoms with E-state index >= 15 is 0 Å². The van der Waals surface area contributed by atoms with Crippen molar-refractivity contribution in [1.29, 1.82) is 0 Å². The Morgan fingerprint density at radius 3 is 2.53 bits per heavy atom. The standard InChI is InChI=1S/C11H15NO3/c1-8(13)7-12-11(14)9-3-5-10(15-2)6-4-9/h3-6,8,13H,7H2,1-2H3,(H,12,14)/t8-/m0/s1. The predicted octanol–water partition coefficient (Wildman–Crippen LogP) is 0.806. The normalized spacial score (nSPS) is 11.9. The molecule has 4 nitrogen and oxygen atoms in total. The Kier molecular flexibility index (Phi) is 4.12. The molecule has 0 aliphatic carbocycles. The van der Waals surface area contributed by atoms with E-state index in [1.165, 1.54) is 0 Å². The van der Waals surface area contributed by atoms with Crippen LogP contribution in [0, 0.1) is 0 Å². The van der Waals surface area contributed by atoms with Gasteiger partial charge >= 0.3 is 0 Å². The number of carbonyl (C=O) groups excluding carboxylic acids is 1. The molecule has 0 spiro atoms. The van der Waals surface area contributed by atoms with Crippen LogP contribution in [0.15, 0.2) is 24.3 Å². The van der Waals surface area contributed by atoms with Crippen molar-refractivity contribution in [1.82, 2.24) is 5.32 Å². The Hall–Kier alpha value is -1.55. The number of rotatable bonds is 4. The lowest BCUT2D eigenvalue weighted by atomic mass is 10.2. The third kappa shape index (κ3) is 3.59. The number of hydrogen-bond acceptors (Lipinski definition) is 3. The van der Waals surface area contributed by atoms with E-state index in [2.05, 4.69) is 5.32 Å². The summed E-state index contributed by atoms with van der Waals surface area (Å²) in [6.45, 7) is 1.87. The summed E-state index contributed by atoms with van der Waals surface area (Å²) in [5.41, 5.74) is 0.552. The van der Waals surface area contributed by atoms with Gasteiger partial charge in [0.25, 0.3) is 5.91 Å². The maximum atomic E-state index is 11.5. The van der Waals surface area contributed by atoms with Crippen LogP contribution in [0.2, 0.25) is 0 Å². The first-order valence-electron chi connectivity index (χ1n) is 4.74. The van der Waals surface area contributed by atoms with E-state index in [9.17, 15) is 4.79 Å². The lowest BCUT2D eigenvalue weighted by molar-refractivity contribution is 0.0924. The number of carbonyl (C=O) groups is 1. The van der Waals surface area contributed by atoms with Gasteiger partial charge < -0.3 is 15.2 Å². The van der Waals surface area contributed by atoms with Gasteiger partial charge in [-0.15, -0.1) is 0 Å². The van der Waals surface area contributed by atoms with E-state index in [-0.39, 0.29) is 12.5 Å². The van der Waals surface area contributed by atoms with Gasteiger partial charge in [0.2, 0.25) is 0 Å². The van der Waals surface area contributed by atoms with Gasteiger partial charge in [-0.1, -0.05) is 0 Å². The second-order valence-electron chi connectivity index (χ2n) is 3.29. The van der Waals surface area contributed by atoms with Crippen LogP contribution in [-0.2, 0) is 0 Å². The molecule has 0 saturated carbocycles. The fourth-order valence-electron chi connectivity index (χ4n) is 1.08. The molecule has 0 fully saturated rings. The number of aliphatic hydroxyl groups is 1. The first-order chi connectivity index (χ1) is 7.13. The van der Waals surface area contributed by atoms with Gasteiger partial charge in [-0.3, -0.25) is 4.79 Å². The number of amides is 1. The van der Waals surface area contributed by atoms with Crippen LogP contribution in [-0.4, -0.2) is 30.8 Å². The van der Waals surface area contributed by atoms with Crippen molar-refractivity contribution in [2.45, 2.75) is 13.0 Å². The summed E-state index contributed by atoms with van der Waals surface area (Å²) in [5, 5.41) is 11.6. The number of hydrogen-bond donors (Lipinski definition) is 2. The molecule has 0 heterocycles. The Labute approximate surface area is 88.9 Å². The average Bonchev–Trinajstić information content (AvgIpc) is 2.26. The van der Waals surface area contributed by atoms with Gasteiger partial charge in [0.1, 0.15) is 5.75 Å². The number of benzene rings is 1. The molecule has 15 heavy (non-hydrogen) atoms. The predicted molar refractivity (Wildman–Crippen MR) is 57.0 cm³/mol. The summed E-state index contributed by atoms with van der Waals surface area (Å²) in [5.74, 6) is 0.514. The minimum absolute atomic E-state index is 0.196. The van der Waals surface area contributed by atoms with Crippen molar-refractivity contribution >= 4 is 5.91 Å². The maximum Gasteiger partial charge on any atom is 0.251 e. The van der Waals surface area contributed by atoms with Crippen molar-refractivity contribution in [3.63, 3.8) is 0 Å². The monoisotopic (exact) mass is 209 g/mol. The molecule has 82 valence electrons. The Bertz CT molecular complexity index is 319. The lowest BCUT2D eigenvalue weighted by Gasteiger charge is -2.07. The Morgan fingerprint density at radius 1 is 1.47 bits per heavy atom. The van der Waals surface area contributed by atoms with Crippen molar-refractivity contribution < 1.29 is 14.6 Å². The van der Waals surface area contributed by atoms with Crippen molar-refractivity contribution in [2.75, 3.05) is 13.7 Å². The minimum Gasteiger partial charge on any atom is -0.497 e. The lowest BCUT2D eigenvalue weighted by Crippen LogP contribution is -2.30. The van der Waals surface area contributed by atoms with E-state index < -0.39 is 6.10 Å². The van der Waals surface area contributed by atoms with E-state index in [1.54, 1.807) is 38.3 Å². The summed E-state index contributed by atoms with van der Waals surface area (Å²) in [4.78, 5) is 11.5. The topological polar surface area (TPSA) is 58.6 Å². The summed E-state index contributed by atoms with van der Waals surface area (Å²) in [7, 11) is 1.57. The van der Waals surface area contributed by atoms with Gasteiger partial charge in [-0.25, -0.2) is 0 Å². The van der Waals surface area contributed by atoms with Gasteiger partial charge in [0, 0.05) is 12.1 Å². The summed E-state index contributed by atoms with van der Waals surface area (Å²) in [6, 6.07) is 6.79. The molecule has 1 aromatic carbocycles. The minimum atomic E-state index is -0.535. The molecule has 0 aromatic heterocycles. The molecular formula is C11H15NO3. The maximum absolute atomic E-state index is 11.5. The zero-order valence-electron chi connectivity index (χ0n) is 8.86. The summed E-state index contributed by atoms with van der Waals surface area (Å²) >= 11 is 0. The fourth-order valence-corrected chi connectivity index (χ4v) is 1.08. The van der Waals surface area contributed by atoms with Crippen LogP contribution < -0.4 is 10.1 Å². The smallest absolute Gasteiger partial charge is 0.251 e. The molecule has 0 radical (unpaired) electrons. The molecule has 0 unspecified atom stereocenters. The summed E-state index contributed by atoms with van der Waals surface area (Å²) in [6.07, 6.45) is -0.535. The zero-order valence-corrected chi connectivity index (χ0v) is 8.86. The molecule has 0 aliphatic heterocycles. The second-order valence-corrected chi connectivity index (χ2v) is 3.29. The highest BCUT2D eigenvalue weighted by Gasteiger charge is 2.05. The van der Waals surface area contributed by atoms with Gasteiger partial charge in [0.05, 0.1) is 13.2 Å². The number of aliphatic hydroxyl groups excluding tert-OH is 1. The SMILES string of the molecule is COc1ccc(C(=O)NC[C@H](C)O)cc1. The van der Waals surface area contributed by atoms with Gasteiger partial charge in [-0.05, 0) is 31.2 Å².